The molecule has 5 rings (SSSR count). The third-order valence-corrected chi connectivity index (χ3v) is 7.91. The molecule has 1 fully saturated rings. The zero-order valence-corrected chi connectivity index (χ0v) is 20.3. The van der Waals surface area contributed by atoms with Gasteiger partial charge in [-0.05, 0) is 29.7 Å². The largest absolute Gasteiger partial charge is 0.345 e. The van der Waals surface area contributed by atoms with Crippen LogP contribution in [0.4, 0.5) is 11.4 Å². The molecule has 172 valence electrons. The number of fused-ring (bicyclic) bond motifs is 2. The number of amides is 1. The van der Waals surface area contributed by atoms with E-state index in [4.69, 9.17) is 23.8 Å². The zero-order chi connectivity index (χ0) is 23.8. The Hall–Kier alpha value is -3.27. The Kier molecular flexibility index (Phi) is 6.07. The number of anilines is 1. The molecule has 7 nitrogen and oxygen atoms in total. The molecule has 0 spiro atoms. The van der Waals surface area contributed by atoms with Crippen LogP contribution in [0.5, 0.6) is 0 Å². The van der Waals surface area contributed by atoms with Gasteiger partial charge in [-0.15, -0.1) is 11.3 Å². The first kappa shape index (κ1) is 22.5. The lowest BCUT2D eigenvalue weighted by Crippen LogP contribution is -2.51. The number of carbonyl (C=O) groups excluding carboxylic acids is 1. The average Bonchev–Trinajstić information content (AvgIpc) is 3.19. The maximum absolute atomic E-state index is 13.2. The number of nitrogens with zero attached hydrogens (tertiary/aromatic N) is 3. The lowest BCUT2D eigenvalue weighted by molar-refractivity contribution is -0.384. The summed E-state index contributed by atoms with van der Waals surface area (Å²) < 4.78 is 0.627. The van der Waals surface area contributed by atoms with Crippen molar-refractivity contribution in [3.8, 4) is 0 Å². The highest BCUT2D eigenvalue weighted by atomic mass is 35.5. The van der Waals surface area contributed by atoms with E-state index >= 15 is 0 Å². The normalized spacial score (nSPS) is 13.9. The molecule has 10 heteroatoms. The summed E-state index contributed by atoms with van der Waals surface area (Å²) in [5.41, 5.74) is 0.929. The highest BCUT2D eigenvalue weighted by Gasteiger charge is 2.27. The second kappa shape index (κ2) is 9.17. The van der Waals surface area contributed by atoms with Gasteiger partial charge in [0.25, 0.3) is 11.6 Å². The predicted octanol–water partition coefficient (Wildman–Crippen LogP) is 5.77. The number of nitrogens with one attached hydrogen (secondary N) is 1. The smallest absolute Gasteiger partial charge is 0.270 e. The van der Waals surface area contributed by atoms with Crippen LogP contribution in [0.15, 0.2) is 60.7 Å². The number of hydrogen-bond donors (Lipinski definition) is 1. The molecule has 0 atom stereocenters. The number of hydrogen-bond acceptors (Lipinski definition) is 5. The SMILES string of the molecule is O=C(c1sc2cc([N+](=O)[O-])ccc2c1Cl)N1CCN(C(=S)Nc2cccc3ccccc23)CC1. The second-order valence-electron chi connectivity index (χ2n) is 7.92. The molecular weight excluding hydrogens is 492 g/mol. The molecule has 1 aliphatic heterocycles. The molecule has 1 saturated heterocycles. The lowest BCUT2D eigenvalue weighted by atomic mass is 10.1. The quantitative estimate of drug-likeness (QED) is 0.214. The first-order valence-corrected chi connectivity index (χ1v) is 12.2. The van der Waals surface area contributed by atoms with Gasteiger partial charge in [0, 0.05) is 59.5 Å². The number of non-ortho nitro benzene ring substituents is 1. The first-order chi connectivity index (χ1) is 16.4. The van der Waals surface area contributed by atoms with Crippen LogP contribution in [0.3, 0.4) is 0 Å². The number of halogens is 1. The van der Waals surface area contributed by atoms with Gasteiger partial charge in [0.2, 0.25) is 0 Å². The Balaban J connectivity index is 1.27. The third kappa shape index (κ3) is 4.18. The molecule has 0 saturated carbocycles. The number of rotatable bonds is 3. The van der Waals surface area contributed by atoms with E-state index in [0.717, 1.165) is 16.5 Å². The van der Waals surface area contributed by atoms with Crippen molar-refractivity contribution in [3.63, 3.8) is 0 Å². The van der Waals surface area contributed by atoms with E-state index in [0.29, 0.717) is 51.3 Å². The summed E-state index contributed by atoms with van der Waals surface area (Å²) in [5, 5.41) is 18.3. The summed E-state index contributed by atoms with van der Waals surface area (Å²) in [7, 11) is 0. The molecule has 0 radical (unpaired) electrons. The van der Waals surface area contributed by atoms with E-state index in [1.165, 1.54) is 23.5 Å². The number of carbonyl (C=O) groups is 1. The molecule has 1 amide bonds. The molecule has 1 N–H and O–H groups in total. The Bertz CT molecular complexity index is 1440. The Morgan fingerprint density at radius 3 is 2.47 bits per heavy atom. The van der Waals surface area contributed by atoms with Crippen molar-refractivity contribution < 1.29 is 9.72 Å². The molecule has 1 aliphatic rings. The fourth-order valence-electron chi connectivity index (χ4n) is 4.09. The van der Waals surface area contributed by atoms with Crippen LogP contribution >= 0.6 is 35.2 Å². The van der Waals surface area contributed by atoms with Crippen LogP contribution in [0.25, 0.3) is 20.9 Å². The first-order valence-electron chi connectivity index (χ1n) is 10.6. The molecule has 1 aromatic heterocycles. The van der Waals surface area contributed by atoms with Crippen LogP contribution in [0.1, 0.15) is 9.67 Å². The van der Waals surface area contributed by atoms with Crippen LogP contribution in [0, 0.1) is 10.1 Å². The molecule has 2 heterocycles. The molecule has 3 aromatic carbocycles. The second-order valence-corrected chi connectivity index (χ2v) is 9.74. The summed E-state index contributed by atoms with van der Waals surface area (Å²) in [6.45, 7) is 2.19. The van der Waals surface area contributed by atoms with Crippen molar-refractivity contribution in [3.05, 3.63) is 80.7 Å². The van der Waals surface area contributed by atoms with Gasteiger partial charge in [0.1, 0.15) is 4.88 Å². The minimum Gasteiger partial charge on any atom is -0.345 e. The van der Waals surface area contributed by atoms with Crippen LogP contribution in [-0.2, 0) is 0 Å². The molecular formula is C24H19ClN4O3S2. The summed E-state index contributed by atoms with van der Waals surface area (Å²) >= 11 is 13.3. The summed E-state index contributed by atoms with van der Waals surface area (Å²) in [4.78, 5) is 28.0. The van der Waals surface area contributed by atoms with Crippen LogP contribution < -0.4 is 5.32 Å². The topological polar surface area (TPSA) is 78.7 Å². The molecule has 4 aromatic rings. The number of thiocarbonyl (C=S) groups is 1. The number of thiophene rings is 1. The number of nitro groups is 1. The van der Waals surface area contributed by atoms with Gasteiger partial charge < -0.3 is 15.1 Å². The Morgan fingerprint density at radius 2 is 1.71 bits per heavy atom. The maximum atomic E-state index is 13.2. The van der Waals surface area contributed by atoms with Crippen molar-refractivity contribution in [1.29, 1.82) is 0 Å². The lowest BCUT2D eigenvalue weighted by Gasteiger charge is -2.36. The molecule has 0 unspecified atom stereocenters. The summed E-state index contributed by atoms with van der Waals surface area (Å²) in [5.74, 6) is -0.165. The Labute approximate surface area is 209 Å². The molecule has 34 heavy (non-hydrogen) atoms. The number of piperazine rings is 1. The molecule has 0 bridgehead atoms. The predicted molar refractivity (Wildman–Crippen MR) is 141 cm³/mol. The summed E-state index contributed by atoms with van der Waals surface area (Å²) in [6.07, 6.45) is 0. The van der Waals surface area contributed by atoms with Crippen molar-refractivity contribution in [2.45, 2.75) is 0 Å². The van der Waals surface area contributed by atoms with Gasteiger partial charge in [0.05, 0.1) is 9.95 Å². The summed E-state index contributed by atoms with van der Waals surface area (Å²) in [6, 6.07) is 18.6. The van der Waals surface area contributed by atoms with Crippen LogP contribution in [-0.4, -0.2) is 51.9 Å². The van der Waals surface area contributed by atoms with E-state index < -0.39 is 4.92 Å². The fourth-order valence-corrected chi connectivity index (χ4v) is 5.90. The van der Waals surface area contributed by atoms with Gasteiger partial charge in [0.15, 0.2) is 5.11 Å². The third-order valence-electron chi connectivity index (χ3n) is 5.90. The van der Waals surface area contributed by atoms with E-state index in [1.807, 2.05) is 24.3 Å². The average molecular weight is 511 g/mol. The van der Waals surface area contributed by atoms with Crippen LogP contribution in [0.2, 0.25) is 5.02 Å². The number of benzene rings is 3. The number of nitro benzene ring substituents is 1. The van der Waals surface area contributed by atoms with E-state index in [9.17, 15) is 14.9 Å². The van der Waals surface area contributed by atoms with Crippen molar-refractivity contribution in [1.82, 2.24) is 9.80 Å². The van der Waals surface area contributed by atoms with Crippen molar-refractivity contribution in [2.75, 3.05) is 31.5 Å². The van der Waals surface area contributed by atoms with E-state index in [1.54, 1.807) is 11.0 Å². The Morgan fingerprint density at radius 1 is 1.00 bits per heavy atom. The highest BCUT2D eigenvalue weighted by Crippen LogP contribution is 2.38. The van der Waals surface area contributed by atoms with Crippen molar-refractivity contribution in [2.24, 2.45) is 0 Å². The van der Waals surface area contributed by atoms with Gasteiger partial charge in [-0.2, -0.15) is 0 Å². The maximum Gasteiger partial charge on any atom is 0.270 e. The minimum absolute atomic E-state index is 0.0229. The van der Waals surface area contributed by atoms with Crippen molar-refractivity contribution >= 4 is 78.4 Å². The fraction of sp³-hybridized carbons (Fsp3) is 0.167. The minimum atomic E-state index is -0.455. The zero-order valence-electron chi connectivity index (χ0n) is 17.9. The standard InChI is InChI=1S/C24H19ClN4O3S2/c25-21-18-9-8-16(29(31)32)14-20(18)34-22(21)23(30)27-10-12-28(13-11-27)24(33)26-19-7-3-5-15-4-1-2-6-17(15)19/h1-9,14H,10-13H2,(H,26,33). The monoisotopic (exact) mass is 510 g/mol. The van der Waals surface area contributed by atoms with E-state index in [2.05, 4.69) is 28.4 Å². The van der Waals surface area contributed by atoms with E-state index in [-0.39, 0.29) is 11.6 Å². The van der Waals surface area contributed by atoms with Gasteiger partial charge in [-0.25, -0.2) is 0 Å². The van der Waals surface area contributed by atoms with Gasteiger partial charge in [-0.1, -0.05) is 48.0 Å². The van der Waals surface area contributed by atoms with Gasteiger partial charge in [-0.3, -0.25) is 14.9 Å². The molecule has 0 aliphatic carbocycles. The highest BCUT2D eigenvalue weighted by molar-refractivity contribution is 7.80. The van der Waals surface area contributed by atoms with Gasteiger partial charge >= 0.3 is 0 Å².